The van der Waals surface area contributed by atoms with Crippen LogP contribution in [0.4, 0.5) is 0 Å². The van der Waals surface area contributed by atoms with Crippen LogP contribution < -0.4 is 0 Å². The first-order chi connectivity index (χ1) is 9.17. The van der Waals surface area contributed by atoms with Gasteiger partial charge in [-0.3, -0.25) is 0 Å². The van der Waals surface area contributed by atoms with Gasteiger partial charge in [-0.15, -0.1) is 11.3 Å². The van der Waals surface area contributed by atoms with Crippen molar-refractivity contribution >= 4 is 21.4 Å². The number of hydrogen-bond donors (Lipinski definition) is 1. The van der Waals surface area contributed by atoms with E-state index in [1.165, 1.54) is 15.6 Å². The molecule has 1 heterocycles. The van der Waals surface area contributed by atoms with Gasteiger partial charge in [-0.05, 0) is 34.9 Å². The molecule has 0 amide bonds. The van der Waals surface area contributed by atoms with Crippen LogP contribution in [0.5, 0.6) is 0 Å². The molecule has 0 aliphatic rings. The summed E-state index contributed by atoms with van der Waals surface area (Å²) >= 11 is 1.74. The van der Waals surface area contributed by atoms with Gasteiger partial charge in [0.1, 0.15) is 0 Å². The summed E-state index contributed by atoms with van der Waals surface area (Å²) in [6.07, 6.45) is 0.640. The van der Waals surface area contributed by atoms with Crippen molar-refractivity contribution in [1.29, 1.82) is 0 Å². The predicted octanol–water partition coefficient (Wildman–Crippen LogP) is 4.35. The van der Waals surface area contributed by atoms with E-state index in [1.54, 1.807) is 11.3 Å². The van der Waals surface area contributed by atoms with Gasteiger partial charge in [0.25, 0.3) is 0 Å². The number of thiophene rings is 1. The Morgan fingerprint density at radius 1 is 1.00 bits per heavy atom. The van der Waals surface area contributed by atoms with Crippen molar-refractivity contribution < 1.29 is 5.11 Å². The van der Waals surface area contributed by atoms with Gasteiger partial charge in [0.05, 0.1) is 5.60 Å². The summed E-state index contributed by atoms with van der Waals surface area (Å²) in [7, 11) is 0. The van der Waals surface area contributed by atoms with Crippen LogP contribution in [0.25, 0.3) is 10.1 Å². The number of rotatable bonds is 3. The zero-order valence-electron chi connectivity index (χ0n) is 10.8. The molecule has 0 spiro atoms. The Balaban J connectivity index is 1.96. The van der Waals surface area contributed by atoms with E-state index in [0.29, 0.717) is 6.42 Å². The number of hydrogen-bond acceptors (Lipinski definition) is 2. The predicted molar refractivity (Wildman–Crippen MR) is 81.5 cm³/mol. The first-order valence-electron chi connectivity index (χ1n) is 6.40. The van der Waals surface area contributed by atoms with Gasteiger partial charge >= 0.3 is 0 Å². The van der Waals surface area contributed by atoms with Crippen LogP contribution in [-0.2, 0) is 12.0 Å². The lowest BCUT2D eigenvalue weighted by Crippen LogP contribution is -2.23. The highest BCUT2D eigenvalue weighted by Crippen LogP contribution is 2.32. The average molecular weight is 268 g/mol. The van der Waals surface area contributed by atoms with E-state index >= 15 is 0 Å². The van der Waals surface area contributed by atoms with Crippen LogP contribution in [-0.4, -0.2) is 5.11 Å². The van der Waals surface area contributed by atoms with Gasteiger partial charge in [-0.2, -0.15) is 0 Å². The minimum Gasteiger partial charge on any atom is -0.385 e. The van der Waals surface area contributed by atoms with Gasteiger partial charge in [-0.25, -0.2) is 0 Å². The second-order valence-electron chi connectivity index (χ2n) is 5.07. The highest BCUT2D eigenvalue weighted by molar-refractivity contribution is 7.17. The molecule has 0 aliphatic heterocycles. The summed E-state index contributed by atoms with van der Waals surface area (Å²) in [4.78, 5) is 0. The number of benzene rings is 2. The molecule has 19 heavy (non-hydrogen) atoms. The summed E-state index contributed by atoms with van der Waals surface area (Å²) in [5, 5.41) is 14.1. The van der Waals surface area contributed by atoms with Crippen molar-refractivity contribution in [2.24, 2.45) is 0 Å². The van der Waals surface area contributed by atoms with Gasteiger partial charge < -0.3 is 5.11 Å². The molecule has 2 aromatic carbocycles. The molecular weight excluding hydrogens is 252 g/mol. The number of fused-ring (bicyclic) bond motifs is 1. The van der Waals surface area contributed by atoms with Crippen molar-refractivity contribution in [1.82, 2.24) is 0 Å². The van der Waals surface area contributed by atoms with Crippen molar-refractivity contribution in [3.8, 4) is 0 Å². The van der Waals surface area contributed by atoms with E-state index in [2.05, 4.69) is 29.6 Å². The minimum absolute atomic E-state index is 0.640. The summed E-state index contributed by atoms with van der Waals surface area (Å²) in [6.45, 7) is 1.88. The highest BCUT2D eigenvalue weighted by atomic mass is 32.1. The first kappa shape index (κ1) is 12.4. The largest absolute Gasteiger partial charge is 0.385 e. The van der Waals surface area contributed by atoms with E-state index in [-0.39, 0.29) is 0 Å². The Bertz CT molecular complexity index is 683. The highest BCUT2D eigenvalue weighted by Gasteiger charge is 2.24. The van der Waals surface area contributed by atoms with E-state index < -0.39 is 5.60 Å². The van der Waals surface area contributed by atoms with Crippen LogP contribution in [0, 0.1) is 0 Å². The van der Waals surface area contributed by atoms with E-state index in [9.17, 15) is 5.11 Å². The zero-order valence-corrected chi connectivity index (χ0v) is 11.7. The third kappa shape index (κ3) is 2.42. The molecule has 0 saturated carbocycles. The standard InChI is InChI=1S/C17H16OS/c1-17(18,14-7-3-2-4-8-14)11-13-12-19-16-10-6-5-9-15(13)16/h2-10,12,18H,11H2,1H3. The van der Waals surface area contributed by atoms with Crippen LogP contribution in [0.15, 0.2) is 60.0 Å². The Hall–Kier alpha value is -1.64. The molecule has 0 radical (unpaired) electrons. The molecule has 1 aromatic heterocycles. The normalized spacial score (nSPS) is 14.4. The molecule has 2 heteroatoms. The van der Waals surface area contributed by atoms with Gasteiger partial charge in [0.15, 0.2) is 0 Å². The zero-order chi connectivity index (χ0) is 13.3. The van der Waals surface area contributed by atoms with Gasteiger partial charge in [-0.1, -0.05) is 48.5 Å². The average Bonchev–Trinajstić information content (AvgIpc) is 2.83. The molecule has 1 N–H and O–H groups in total. The molecule has 3 aromatic rings. The Kier molecular flexibility index (Phi) is 3.13. The van der Waals surface area contributed by atoms with Crippen LogP contribution in [0.1, 0.15) is 18.1 Å². The SMILES string of the molecule is CC(O)(Cc1csc2ccccc12)c1ccccc1. The van der Waals surface area contributed by atoms with Crippen LogP contribution >= 0.6 is 11.3 Å². The lowest BCUT2D eigenvalue weighted by atomic mass is 9.89. The Morgan fingerprint density at radius 2 is 1.68 bits per heavy atom. The first-order valence-corrected chi connectivity index (χ1v) is 7.28. The minimum atomic E-state index is -0.828. The molecule has 0 bridgehead atoms. The maximum atomic E-state index is 10.7. The van der Waals surface area contributed by atoms with E-state index in [4.69, 9.17) is 0 Å². The smallest absolute Gasteiger partial charge is 0.0909 e. The van der Waals surface area contributed by atoms with E-state index in [1.807, 2.05) is 37.3 Å². The molecule has 1 atom stereocenters. The molecular formula is C17H16OS. The molecule has 0 fully saturated rings. The molecule has 96 valence electrons. The Labute approximate surface area is 117 Å². The summed E-state index contributed by atoms with van der Waals surface area (Å²) in [5.74, 6) is 0. The third-order valence-corrected chi connectivity index (χ3v) is 4.50. The lowest BCUT2D eigenvalue weighted by molar-refractivity contribution is 0.0580. The monoisotopic (exact) mass is 268 g/mol. The van der Waals surface area contributed by atoms with Crippen LogP contribution in [0.2, 0.25) is 0 Å². The van der Waals surface area contributed by atoms with Gasteiger partial charge in [0.2, 0.25) is 0 Å². The van der Waals surface area contributed by atoms with Gasteiger partial charge in [0, 0.05) is 11.1 Å². The van der Waals surface area contributed by atoms with E-state index in [0.717, 1.165) is 5.56 Å². The summed E-state index contributed by atoms with van der Waals surface area (Å²) < 4.78 is 1.28. The molecule has 1 unspecified atom stereocenters. The van der Waals surface area contributed by atoms with Crippen LogP contribution in [0.3, 0.4) is 0 Å². The molecule has 3 rings (SSSR count). The summed E-state index contributed by atoms with van der Waals surface area (Å²) in [5.41, 5.74) is 1.35. The van der Waals surface area contributed by atoms with Crippen molar-refractivity contribution in [2.75, 3.05) is 0 Å². The van der Waals surface area contributed by atoms with Crippen molar-refractivity contribution in [3.05, 3.63) is 71.1 Å². The second-order valence-corrected chi connectivity index (χ2v) is 5.98. The molecule has 1 nitrogen and oxygen atoms in total. The topological polar surface area (TPSA) is 20.2 Å². The molecule has 0 saturated heterocycles. The third-order valence-electron chi connectivity index (χ3n) is 3.49. The van der Waals surface area contributed by atoms with Crippen molar-refractivity contribution in [3.63, 3.8) is 0 Å². The Morgan fingerprint density at radius 3 is 2.47 bits per heavy atom. The summed E-state index contributed by atoms with van der Waals surface area (Å²) in [6, 6.07) is 18.2. The quantitative estimate of drug-likeness (QED) is 0.748. The maximum Gasteiger partial charge on any atom is 0.0909 e. The fourth-order valence-corrected chi connectivity index (χ4v) is 3.40. The maximum absolute atomic E-state index is 10.7. The lowest BCUT2D eigenvalue weighted by Gasteiger charge is -2.23. The molecule has 0 aliphatic carbocycles. The fourth-order valence-electron chi connectivity index (χ4n) is 2.44. The number of aliphatic hydroxyl groups is 1. The second kappa shape index (κ2) is 4.80. The van der Waals surface area contributed by atoms with Crippen molar-refractivity contribution in [2.45, 2.75) is 18.9 Å². The fraction of sp³-hybridized carbons (Fsp3) is 0.176.